The maximum Gasteiger partial charge on any atom is 0.417 e. The molecule has 1 heterocycles. The van der Waals surface area contributed by atoms with Gasteiger partial charge in [-0.25, -0.2) is 9.69 Å². The number of hydrogen-bond donors (Lipinski definition) is 0. The summed E-state index contributed by atoms with van der Waals surface area (Å²) >= 11 is 0. The van der Waals surface area contributed by atoms with Gasteiger partial charge in [-0.1, -0.05) is 37.7 Å². The molecule has 1 saturated heterocycles. The lowest BCUT2D eigenvalue weighted by Crippen LogP contribution is -2.39. The number of hydrogen-bond acceptors (Lipinski definition) is 4. The minimum atomic E-state index is -1.59. The quantitative estimate of drug-likeness (QED) is 0.381. The Bertz CT molecular complexity index is 1020. The van der Waals surface area contributed by atoms with Crippen molar-refractivity contribution in [2.24, 2.45) is 5.92 Å². The molecule has 0 N–H and O–H groups in total. The fraction of sp³-hybridized carbons (Fsp3) is 0.500. The van der Waals surface area contributed by atoms with Gasteiger partial charge in [-0.3, -0.25) is 4.79 Å². The molecule has 6 heteroatoms. The number of ether oxygens (including phenoxy) is 1. The highest BCUT2D eigenvalue weighted by molar-refractivity contribution is 6.83. The minimum absolute atomic E-state index is 0.450. The Balaban J connectivity index is 2.19. The summed E-state index contributed by atoms with van der Waals surface area (Å²) in [4.78, 5) is 29.2. The highest BCUT2D eigenvalue weighted by Crippen LogP contribution is 2.50. The molecule has 1 fully saturated rings. The van der Waals surface area contributed by atoms with Crippen LogP contribution in [0.4, 0.5) is 4.79 Å². The lowest BCUT2D eigenvalue weighted by Gasteiger charge is -2.27. The Morgan fingerprint density at radius 1 is 1.33 bits per heavy atom. The van der Waals surface area contributed by atoms with E-state index in [-0.39, 0.29) is 0 Å². The first-order chi connectivity index (χ1) is 14.1. The Hall–Kier alpha value is -2.52. The van der Waals surface area contributed by atoms with Gasteiger partial charge in [0.2, 0.25) is 0 Å². The van der Waals surface area contributed by atoms with E-state index in [1.165, 1.54) is 0 Å². The van der Waals surface area contributed by atoms with E-state index in [4.69, 9.17) is 4.74 Å². The first-order valence-corrected chi connectivity index (χ1v) is 13.8. The van der Waals surface area contributed by atoms with E-state index < -0.39 is 37.6 Å². The lowest BCUT2D eigenvalue weighted by molar-refractivity contribution is -0.125. The number of carbonyl (C=O) groups excluding carboxylic acids is 2. The number of nitrogens with zero attached hydrogens (tertiary/aromatic N) is 2. The van der Waals surface area contributed by atoms with Crippen molar-refractivity contribution in [2.75, 3.05) is 14.1 Å². The monoisotopic (exact) mass is 425 g/mol. The van der Waals surface area contributed by atoms with Crippen molar-refractivity contribution in [3.05, 3.63) is 46.7 Å². The number of rotatable bonds is 1. The number of imide groups is 1. The molecule has 1 aliphatic heterocycles. The fourth-order valence-corrected chi connectivity index (χ4v) is 4.25. The summed E-state index contributed by atoms with van der Waals surface area (Å²) in [6.07, 6.45) is 1.42. The molecule has 0 aromatic heterocycles. The van der Waals surface area contributed by atoms with E-state index in [1.807, 2.05) is 32.3 Å². The van der Waals surface area contributed by atoms with Crippen LogP contribution in [0.15, 0.2) is 30.0 Å². The van der Waals surface area contributed by atoms with Gasteiger partial charge in [0.15, 0.2) is 0 Å². The zero-order valence-corrected chi connectivity index (χ0v) is 20.2. The van der Waals surface area contributed by atoms with Gasteiger partial charge in [0.05, 0.1) is 7.39 Å². The molecule has 0 spiro atoms. The normalized spacial score (nSPS) is 24.7. The number of amides is 2. The largest absolute Gasteiger partial charge is 0.443 e. The first-order valence-electron chi connectivity index (χ1n) is 10.8. The van der Waals surface area contributed by atoms with E-state index in [1.54, 1.807) is 31.9 Å². The molecule has 160 valence electrons. The molecule has 5 nitrogen and oxygen atoms in total. The fourth-order valence-electron chi connectivity index (χ4n) is 3.74. The smallest absolute Gasteiger partial charge is 0.417 e. The molecule has 2 amide bonds. The number of carbonyl (C=O) groups is 2. The number of benzene rings is 1. The van der Waals surface area contributed by atoms with E-state index in [0.717, 1.165) is 16.0 Å². The van der Waals surface area contributed by atoms with E-state index >= 15 is 0 Å². The summed E-state index contributed by atoms with van der Waals surface area (Å²) in [5.74, 6) is 2.38. The van der Waals surface area contributed by atoms with Gasteiger partial charge >= 0.3 is 6.09 Å². The Morgan fingerprint density at radius 2 is 2.00 bits per heavy atom. The lowest BCUT2D eigenvalue weighted by atomic mass is 9.97. The molecule has 0 saturated carbocycles. The van der Waals surface area contributed by atoms with Crippen molar-refractivity contribution in [3.63, 3.8) is 0 Å². The van der Waals surface area contributed by atoms with Crippen LogP contribution in [-0.2, 0) is 16.0 Å². The second kappa shape index (κ2) is 7.62. The van der Waals surface area contributed by atoms with Crippen LogP contribution in [0.25, 0.3) is 0 Å². The van der Waals surface area contributed by atoms with Crippen molar-refractivity contribution in [1.29, 1.82) is 0 Å². The summed E-state index contributed by atoms with van der Waals surface area (Å²) in [5.41, 5.74) is 5.55. The highest BCUT2D eigenvalue weighted by Gasteiger charge is 2.53. The number of likely N-dealkylation sites (tertiary alicyclic amines) is 1. The van der Waals surface area contributed by atoms with Crippen molar-refractivity contribution in [1.82, 2.24) is 9.80 Å². The minimum Gasteiger partial charge on any atom is -0.443 e. The number of fused-ring (bicyclic) bond motifs is 3. The zero-order chi connectivity index (χ0) is 23.4. The second-order valence-corrected chi connectivity index (χ2v) is 14.9. The predicted octanol–water partition coefficient (Wildman–Crippen LogP) is 4.35. The molecule has 1 aromatic carbocycles. The van der Waals surface area contributed by atoms with Gasteiger partial charge < -0.3 is 9.64 Å². The van der Waals surface area contributed by atoms with Gasteiger partial charge in [-0.05, 0) is 44.4 Å². The second-order valence-electron chi connectivity index (χ2n) is 10.1. The molecular formula is C24H32N2O3Si. The van der Waals surface area contributed by atoms with Crippen LogP contribution < -0.4 is 0 Å². The molecule has 1 aromatic rings. The molecule has 30 heavy (non-hydrogen) atoms. The van der Waals surface area contributed by atoms with Crippen LogP contribution in [0.2, 0.25) is 19.6 Å². The highest BCUT2D eigenvalue weighted by atomic mass is 28.3. The zero-order valence-electron chi connectivity index (χ0n) is 20.2. The Morgan fingerprint density at radius 3 is 2.57 bits per heavy atom. The van der Waals surface area contributed by atoms with Gasteiger partial charge in [0.25, 0.3) is 5.91 Å². The Kier molecular flexibility index (Phi) is 5.27. The van der Waals surface area contributed by atoms with Crippen LogP contribution in [0.5, 0.6) is 0 Å². The maximum absolute atomic E-state index is 13.3. The van der Waals surface area contributed by atoms with Crippen LogP contribution in [0.3, 0.4) is 0 Å². The molecule has 2 aliphatic rings. The third-order valence-electron chi connectivity index (χ3n) is 4.80. The summed E-state index contributed by atoms with van der Waals surface area (Å²) in [6.45, 7) is 11.8. The first kappa shape index (κ1) is 20.7. The predicted molar refractivity (Wildman–Crippen MR) is 121 cm³/mol. The molecule has 2 unspecified atom stereocenters. The van der Waals surface area contributed by atoms with E-state index in [0.29, 0.717) is 17.6 Å². The Labute approximate surface area is 182 Å². The van der Waals surface area contributed by atoms with Crippen LogP contribution in [0, 0.1) is 17.4 Å². The van der Waals surface area contributed by atoms with Gasteiger partial charge in [0, 0.05) is 37.3 Å². The van der Waals surface area contributed by atoms with E-state index in [9.17, 15) is 11.0 Å². The standard InChI is InChI=1S/C24H32N2O3Si/c1-24(2,3)29-23(28)26-21-17-11-9-10-16(12-13-30(6,7)8)18(17)14-19(21)20(22(26)27)15-25(4)5/h9-11,15,19,21H,14H2,1-8H3/b20-15-/i21D. The summed E-state index contributed by atoms with van der Waals surface area (Å²) < 4.78 is 15.0. The summed E-state index contributed by atoms with van der Waals surface area (Å²) in [6, 6.07) is 4.11. The van der Waals surface area contributed by atoms with E-state index in [2.05, 4.69) is 31.1 Å². The van der Waals surface area contributed by atoms with Crippen molar-refractivity contribution >= 4 is 20.1 Å². The van der Waals surface area contributed by atoms with Gasteiger partial charge in [-0.2, -0.15) is 0 Å². The van der Waals surface area contributed by atoms with Crippen molar-refractivity contribution in [2.45, 2.75) is 58.5 Å². The molecule has 0 bridgehead atoms. The average molecular weight is 426 g/mol. The summed E-state index contributed by atoms with van der Waals surface area (Å²) in [5, 5.41) is 0. The van der Waals surface area contributed by atoms with Crippen molar-refractivity contribution < 1.29 is 15.7 Å². The molecule has 2 atom stereocenters. The van der Waals surface area contributed by atoms with Crippen LogP contribution in [0.1, 0.15) is 44.9 Å². The summed E-state index contributed by atoms with van der Waals surface area (Å²) in [7, 11) is 2.07. The van der Waals surface area contributed by atoms with Crippen LogP contribution >= 0.6 is 0 Å². The average Bonchev–Trinajstić information content (AvgIpc) is 2.99. The third kappa shape index (κ3) is 4.46. The molecule has 0 radical (unpaired) electrons. The van der Waals surface area contributed by atoms with Gasteiger partial charge in [0.1, 0.15) is 13.7 Å². The van der Waals surface area contributed by atoms with Gasteiger partial charge in [-0.15, -0.1) is 5.54 Å². The molecule has 3 rings (SSSR count). The third-order valence-corrected chi connectivity index (χ3v) is 5.68. The molecular weight excluding hydrogens is 392 g/mol. The topological polar surface area (TPSA) is 49.9 Å². The SMILES string of the molecule is [2H]C12c3cccc(C#C[Si](C)(C)C)c3CC1/C(=C/N(C)C)C(=O)N2C(=O)OC(C)(C)C. The van der Waals surface area contributed by atoms with Crippen LogP contribution in [-0.4, -0.2) is 49.6 Å². The van der Waals surface area contributed by atoms with Crippen molar-refractivity contribution in [3.8, 4) is 11.5 Å². The molecule has 1 aliphatic carbocycles. The maximum atomic E-state index is 13.3.